The number of hydrogen-bond donors (Lipinski definition) is 7. The van der Waals surface area contributed by atoms with E-state index in [1.807, 2.05) is 35.2 Å². The second kappa shape index (κ2) is 14.9. The summed E-state index contributed by atoms with van der Waals surface area (Å²) in [5.74, 6) is 10.9. The lowest BCUT2D eigenvalue weighted by atomic mass is 10.1. The number of carbonyl (C=O) groups excluding carboxylic acids is 3. The number of ether oxygens (including phenoxy) is 1. The summed E-state index contributed by atoms with van der Waals surface area (Å²) in [6, 6.07) is 11.0. The van der Waals surface area contributed by atoms with E-state index >= 15 is 0 Å². The van der Waals surface area contributed by atoms with E-state index in [-0.39, 0.29) is 17.2 Å². The standard InChI is InChI=1S/C30H40N12O4/c1-3-9-33-10-11-34-28(44)22-16-21(38-39-22)25-26-24(23(46-2)18-36-25)20(17-35-26)27(43)29(45)40-12-14-41(15-13-40)30(37-31)42(32)19-7-5-4-6-8-19/h4-8,16-18,30,33,35,37H,3,9-15,31-32H2,1-2H3,(H,34,44)(H,38,39). The fourth-order valence-electron chi connectivity index (χ4n) is 5.40. The normalized spacial score (nSPS) is 14.3. The number of ketones is 1. The van der Waals surface area contributed by atoms with Gasteiger partial charge < -0.3 is 25.3 Å². The summed E-state index contributed by atoms with van der Waals surface area (Å²) < 4.78 is 5.52. The van der Waals surface area contributed by atoms with E-state index in [0.717, 1.165) is 18.7 Å². The zero-order chi connectivity index (χ0) is 32.6. The van der Waals surface area contributed by atoms with Crippen LogP contribution in [0, 0.1) is 0 Å². The molecule has 46 heavy (non-hydrogen) atoms. The number of nitrogens with zero attached hydrogens (tertiary/aromatic N) is 5. The summed E-state index contributed by atoms with van der Waals surface area (Å²) in [4.78, 5) is 50.7. The van der Waals surface area contributed by atoms with E-state index in [1.165, 1.54) is 29.4 Å². The number of nitrogens with two attached hydrogens (primary N) is 2. The van der Waals surface area contributed by atoms with Crippen molar-refractivity contribution in [3.63, 3.8) is 0 Å². The van der Waals surface area contributed by atoms with E-state index in [1.54, 1.807) is 6.07 Å². The van der Waals surface area contributed by atoms with Crippen LogP contribution in [0.4, 0.5) is 5.69 Å². The van der Waals surface area contributed by atoms with Crippen LogP contribution in [0.1, 0.15) is 34.2 Å². The Morgan fingerprint density at radius 3 is 2.57 bits per heavy atom. The number of Topliss-reactive ketones (excluding diaryl/α,β-unsaturated/α-hetero) is 1. The first-order chi connectivity index (χ1) is 22.4. The summed E-state index contributed by atoms with van der Waals surface area (Å²) >= 11 is 0. The third-order valence-corrected chi connectivity index (χ3v) is 7.83. The Morgan fingerprint density at radius 1 is 1.11 bits per heavy atom. The average Bonchev–Trinajstić information content (AvgIpc) is 3.77. The lowest BCUT2D eigenvalue weighted by Gasteiger charge is -2.42. The molecule has 244 valence electrons. The number of benzene rings is 1. The van der Waals surface area contributed by atoms with Gasteiger partial charge in [0.1, 0.15) is 22.8 Å². The van der Waals surface area contributed by atoms with Gasteiger partial charge in [0.05, 0.1) is 35.5 Å². The van der Waals surface area contributed by atoms with E-state index in [2.05, 4.69) is 43.1 Å². The monoisotopic (exact) mass is 632 g/mol. The fraction of sp³-hybridized carbons (Fsp3) is 0.367. The van der Waals surface area contributed by atoms with Gasteiger partial charge in [0.15, 0.2) is 6.29 Å². The molecule has 3 aromatic heterocycles. The molecule has 1 aliphatic heterocycles. The van der Waals surface area contributed by atoms with E-state index < -0.39 is 18.0 Å². The number of amides is 2. The molecule has 16 heteroatoms. The number of methoxy groups -OCH3 is 1. The minimum Gasteiger partial charge on any atom is -0.494 e. The molecule has 0 aliphatic carbocycles. The number of rotatable bonds is 14. The molecule has 0 spiro atoms. The quantitative estimate of drug-likeness (QED) is 0.0247. The van der Waals surface area contributed by atoms with Crippen LogP contribution in [0.5, 0.6) is 5.75 Å². The van der Waals surface area contributed by atoms with Gasteiger partial charge in [-0.15, -0.1) is 0 Å². The molecule has 1 unspecified atom stereocenters. The van der Waals surface area contributed by atoms with Crippen molar-refractivity contribution in [3.05, 3.63) is 60.0 Å². The summed E-state index contributed by atoms with van der Waals surface area (Å²) in [6.45, 7) is 5.53. The molecule has 0 radical (unpaired) electrons. The lowest BCUT2D eigenvalue weighted by molar-refractivity contribution is -0.128. The molecule has 1 aliphatic rings. The largest absolute Gasteiger partial charge is 0.494 e. The maximum Gasteiger partial charge on any atom is 0.295 e. The molecule has 5 rings (SSSR count). The summed E-state index contributed by atoms with van der Waals surface area (Å²) in [5.41, 5.74) is 5.14. The molecular weight excluding hydrogens is 592 g/mol. The van der Waals surface area contributed by atoms with Crippen molar-refractivity contribution in [2.75, 3.05) is 57.9 Å². The fourth-order valence-corrected chi connectivity index (χ4v) is 5.40. The third kappa shape index (κ3) is 6.85. The first-order valence-corrected chi connectivity index (χ1v) is 15.1. The minimum absolute atomic E-state index is 0.148. The number of aromatic amines is 2. The highest BCUT2D eigenvalue weighted by atomic mass is 16.5. The Balaban J connectivity index is 1.29. The summed E-state index contributed by atoms with van der Waals surface area (Å²) in [5, 5.41) is 15.0. The minimum atomic E-state index is -0.688. The molecule has 16 nitrogen and oxygen atoms in total. The lowest BCUT2D eigenvalue weighted by Crippen LogP contribution is -2.65. The Hall–Kier alpha value is -4.87. The highest BCUT2D eigenvalue weighted by Crippen LogP contribution is 2.34. The van der Waals surface area contributed by atoms with Crippen molar-refractivity contribution in [2.24, 2.45) is 11.7 Å². The smallest absolute Gasteiger partial charge is 0.295 e. The Bertz CT molecular complexity index is 1650. The topological polar surface area (TPSA) is 216 Å². The van der Waals surface area contributed by atoms with Crippen molar-refractivity contribution < 1.29 is 19.1 Å². The molecule has 9 N–H and O–H groups in total. The number of hydrogen-bond acceptors (Lipinski definition) is 12. The summed E-state index contributed by atoms with van der Waals surface area (Å²) in [6.07, 6.45) is 3.43. The number of hydrazine groups is 2. The van der Waals surface area contributed by atoms with Gasteiger partial charge in [-0.2, -0.15) is 5.10 Å². The predicted octanol–water partition coefficient (Wildman–Crippen LogP) is 0.145. The number of aromatic nitrogens is 4. The van der Waals surface area contributed by atoms with Gasteiger partial charge in [-0.05, 0) is 31.2 Å². The van der Waals surface area contributed by atoms with Crippen LogP contribution in [0.25, 0.3) is 22.3 Å². The number of carbonyl (C=O) groups is 3. The molecule has 1 atom stereocenters. The Labute approximate surface area is 265 Å². The molecule has 0 bridgehead atoms. The number of nitrogens with one attached hydrogen (secondary N) is 5. The van der Waals surface area contributed by atoms with Gasteiger partial charge in [0.2, 0.25) is 0 Å². The SMILES string of the molecule is CCCNCCNC(=O)c1cc(-c2ncc(OC)c3c(C(=O)C(=O)N4CCN(C(NN)N(N)c5ccccc5)CC4)c[nH]c23)n[nH]1. The molecule has 4 heterocycles. The zero-order valence-corrected chi connectivity index (χ0v) is 25.9. The number of piperazine rings is 1. The maximum atomic E-state index is 13.6. The maximum absolute atomic E-state index is 13.6. The molecule has 4 aromatic rings. The van der Waals surface area contributed by atoms with Crippen molar-refractivity contribution >= 4 is 34.2 Å². The molecule has 1 saturated heterocycles. The summed E-state index contributed by atoms with van der Waals surface area (Å²) in [7, 11) is 1.46. The number of para-hydroxylation sites is 1. The Kier molecular flexibility index (Phi) is 10.6. The molecule has 0 saturated carbocycles. The van der Waals surface area contributed by atoms with Crippen LogP contribution in [0.2, 0.25) is 0 Å². The van der Waals surface area contributed by atoms with Gasteiger partial charge >= 0.3 is 0 Å². The zero-order valence-electron chi connectivity index (χ0n) is 25.9. The number of anilines is 1. The van der Waals surface area contributed by atoms with E-state index in [0.29, 0.717) is 67.3 Å². The van der Waals surface area contributed by atoms with Crippen LogP contribution in [-0.4, -0.2) is 107 Å². The first-order valence-electron chi connectivity index (χ1n) is 15.1. The number of fused-ring (bicyclic) bond motifs is 1. The Morgan fingerprint density at radius 2 is 1.87 bits per heavy atom. The average molecular weight is 633 g/mol. The van der Waals surface area contributed by atoms with Gasteiger partial charge in [-0.3, -0.25) is 35.2 Å². The second-order valence-electron chi connectivity index (χ2n) is 10.7. The van der Waals surface area contributed by atoms with Gasteiger partial charge in [0, 0.05) is 45.5 Å². The highest BCUT2D eigenvalue weighted by Gasteiger charge is 2.33. The highest BCUT2D eigenvalue weighted by molar-refractivity contribution is 6.45. The molecule has 1 fully saturated rings. The van der Waals surface area contributed by atoms with Crippen molar-refractivity contribution in [1.29, 1.82) is 0 Å². The van der Waals surface area contributed by atoms with Crippen LogP contribution in [0.3, 0.4) is 0 Å². The molecule has 1 aromatic carbocycles. The second-order valence-corrected chi connectivity index (χ2v) is 10.7. The van der Waals surface area contributed by atoms with E-state index in [4.69, 9.17) is 16.4 Å². The third-order valence-electron chi connectivity index (χ3n) is 7.83. The van der Waals surface area contributed by atoms with Gasteiger partial charge in [-0.25, -0.2) is 16.3 Å². The van der Waals surface area contributed by atoms with Crippen LogP contribution in [0.15, 0.2) is 48.8 Å². The predicted molar refractivity (Wildman–Crippen MR) is 172 cm³/mol. The number of H-pyrrole nitrogens is 2. The van der Waals surface area contributed by atoms with Crippen LogP contribution in [-0.2, 0) is 4.79 Å². The van der Waals surface area contributed by atoms with Crippen molar-refractivity contribution in [1.82, 2.24) is 46.0 Å². The van der Waals surface area contributed by atoms with Crippen LogP contribution >= 0.6 is 0 Å². The van der Waals surface area contributed by atoms with E-state index in [9.17, 15) is 14.4 Å². The number of pyridine rings is 1. The van der Waals surface area contributed by atoms with Gasteiger partial charge in [0.25, 0.3) is 17.6 Å². The van der Waals surface area contributed by atoms with Crippen molar-refractivity contribution in [3.8, 4) is 17.1 Å². The van der Waals surface area contributed by atoms with Gasteiger partial charge in [-0.1, -0.05) is 25.1 Å². The molecule has 2 amide bonds. The van der Waals surface area contributed by atoms with Crippen molar-refractivity contribution in [2.45, 2.75) is 19.6 Å². The molecular formula is C30H40N12O4. The first kappa shape index (κ1) is 32.5. The van der Waals surface area contributed by atoms with Crippen LogP contribution < -0.4 is 37.5 Å².